The molecule has 3 aromatic rings. The van der Waals surface area contributed by atoms with Gasteiger partial charge in [0.05, 0.1) is 27.6 Å². The van der Waals surface area contributed by atoms with Gasteiger partial charge in [-0.1, -0.05) is 0 Å². The Morgan fingerprint density at radius 2 is 1.97 bits per heavy atom. The molecule has 0 saturated carbocycles. The number of halogens is 2. The number of carbonyl (C=O) groups is 1. The van der Waals surface area contributed by atoms with Crippen LogP contribution in [0.4, 0.5) is 9.18 Å². The molecule has 0 aliphatic carbocycles. The molecule has 3 heterocycles. The molecule has 0 spiro atoms. The molecule has 0 bridgehead atoms. The molecule has 1 aromatic carbocycles. The molecule has 31 heavy (non-hydrogen) atoms. The predicted molar refractivity (Wildman–Crippen MR) is 125 cm³/mol. The third kappa shape index (κ3) is 4.14. The Balaban J connectivity index is 1.72. The van der Waals surface area contributed by atoms with Crippen molar-refractivity contribution in [3.63, 3.8) is 0 Å². The second-order valence-electron chi connectivity index (χ2n) is 8.89. The first kappa shape index (κ1) is 22.3. The molecule has 6 nitrogen and oxygen atoms in total. The van der Waals surface area contributed by atoms with Gasteiger partial charge in [-0.3, -0.25) is 4.68 Å². The second-order valence-corrected chi connectivity index (χ2v) is 10.5. The minimum atomic E-state index is -0.511. The maximum atomic E-state index is 15.1. The van der Waals surface area contributed by atoms with E-state index in [1.165, 1.54) is 11.8 Å². The maximum Gasteiger partial charge on any atom is 0.410 e. The molecule has 0 unspecified atom stereocenters. The number of hydrogen-bond donors (Lipinski definition) is 0. The number of ether oxygens (including phenoxy) is 1. The van der Waals surface area contributed by atoms with E-state index in [4.69, 9.17) is 4.74 Å². The van der Waals surface area contributed by atoms with E-state index < -0.39 is 5.60 Å². The summed E-state index contributed by atoms with van der Waals surface area (Å²) in [5.74, 6) is -0.348. The van der Waals surface area contributed by atoms with Crippen LogP contribution in [0.5, 0.6) is 0 Å². The standard InChI is InChI=1S/C22H26BrFN4O2S/c1-12-10-14-18(17(24)16(12)23)26-20(31-5)15-11-25-28(19(14)15)13-6-8-27(9-7-13)21(29)30-22(2,3)4/h10-11,13H,6-9H2,1-5H3. The molecule has 0 N–H and O–H groups in total. The van der Waals surface area contributed by atoms with Gasteiger partial charge in [0.25, 0.3) is 0 Å². The Morgan fingerprint density at radius 3 is 2.58 bits per heavy atom. The average Bonchev–Trinajstić information content (AvgIpc) is 3.16. The molecule has 1 aliphatic heterocycles. The maximum absolute atomic E-state index is 15.1. The number of carbonyl (C=O) groups excluding carboxylic acids is 1. The molecule has 9 heteroatoms. The molecular weight excluding hydrogens is 483 g/mol. The Morgan fingerprint density at radius 1 is 1.29 bits per heavy atom. The minimum Gasteiger partial charge on any atom is -0.444 e. The normalized spacial score (nSPS) is 15.8. The van der Waals surface area contributed by atoms with Gasteiger partial charge in [-0.15, -0.1) is 11.8 Å². The van der Waals surface area contributed by atoms with Crippen molar-refractivity contribution < 1.29 is 13.9 Å². The van der Waals surface area contributed by atoms with Gasteiger partial charge < -0.3 is 9.64 Å². The lowest BCUT2D eigenvalue weighted by Gasteiger charge is -2.33. The molecule has 166 valence electrons. The van der Waals surface area contributed by atoms with Gasteiger partial charge in [0.15, 0.2) is 5.82 Å². The molecule has 0 atom stereocenters. The van der Waals surface area contributed by atoms with Gasteiger partial charge in [-0.2, -0.15) is 5.10 Å². The lowest BCUT2D eigenvalue weighted by Crippen LogP contribution is -2.42. The van der Waals surface area contributed by atoms with Crippen molar-refractivity contribution in [1.82, 2.24) is 19.7 Å². The Kier molecular flexibility index (Phi) is 5.93. The summed E-state index contributed by atoms with van der Waals surface area (Å²) >= 11 is 4.83. The quantitative estimate of drug-likeness (QED) is 0.392. The van der Waals surface area contributed by atoms with Crippen LogP contribution in [0.25, 0.3) is 21.8 Å². The molecule has 1 saturated heterocycles. The Hall–Kier alpha value is -1.87. The molecule has 1 amide bonds. The molecule has 1 aliphatic rings. The number of thioether (sulfide) groups is 1. The largest absolute Gasteiger partial charge is 0.444 e. The number of likely N-dealkylation sites (tertiary alicyclic amines) is 1. The fourth-order valence-electron chi connectivity index (χ4n) is 4.03. The van der Waals surface area contributed by atoms with E-state index in [0.29, 0.717) is 23.1 Å². The number of aryl methyl sites for hydroxylation is 1. The number of nitrogens with zero attached hydrogens (tertiary/aromatic N) is 4. The summed E-state index contributed by atoms with van der Waals surface area (Å²) in [6.45, 7) is 8.68. The van der Waals surface area contributed by atoms with E-state index in [-0.39, 0.29) is 18.0 Å². The van der Waals surface area contributed by atoms with Crippen LogP contribution >= 0.6 is 27.7 Å². The predicted octanol–water partition coefficient (Wildman–Crippen LogP) is 6.09. The lowest BCUT2D eigenvalue weighted by atomic mass is 10.0. The number of hydrogen-bond acceptors (Lipinski definition) is 5. The molecular formula is C22H26BrFN4O2S. The third-order valence-electron chi connectivity index (χ3n) is 5.51. The number of aromatic nitrogens is 3. The first-order chi connectivity index (χ1) is 14.6. The van der Waals surface area contributed by atoms with Gasteiger partial charge in [0.1, 0.15) is 16.1 Å². The lowest BCUT2D eigenvalue weighted by molar-refractivity contribution is 0.0186. The zero-order valence-corrected chi connectivity index (χ0v) is 20.7. The van der Waals surface area contributed by atoms with Crippen molar-refractivity contribution in [2.24, 2.45) is 0 Å². The number of amides is 1. The van der Waals surface area contributed by atoms with E-state index in [1.807, 2.05) is 50.9 Å². The smallest absolute Gasteiger partial charge is 0.410 e. The van der Waals surface area contributed by atoms with Crippen LogP contribution < -0.4 is 0 Å². The zero-order chi connectivity index (χ0) is 22.5. The molecule has 1 fully saturated rings. The number of piperidine rings is 1. The number of rotatable bonds is 2. The number of benzene rings is 1. The van der Waals surface area contributed by atoms with Gasteiger partial charge in [-0.25, -0.2) is 14.2 Å². The summed E-state index contributed by atoms with van der Waals surface area (Å²) < 4.78 is 23.0. The minimum absolute atomic E-state index is 0.114. The highest BCUT2D eigenvalue weighted by molar-refractivity contribution is 9.10. The molecule has 4 rings (SSSR count). The highest BCUT2D eigenvalue weighted by Gasteiger charge is 2.29. The average molecular weight is 509 g/mol. The van der Waals surface area contributed by atoms with Crippen molar-refractivity contribution in [1.29, 1.82) is 0 Å². The van der Waals surface area contributed by atoms with E-state index in [0.717, 1.165) is 39.7 Å². The summed E-state index contributed by atoms with van der Waals surface area (Å²) in [4.78, 5) is 18.7. The summed E-state index contributed by atoms with van der Waals surface area (Å²) in [7, 11) is 0. The Bertz CT molecular complexity index is 1170. The van der Waals surface area contributed by atoms with E-state index in [2.05, 4.69) is 26.0 Å². The fourth-order valence-corrected chi connectivity index (χ4v) is 4.89. The van der Waals surface area contributed by atoms with Gasteiger partial charge in [-0.05, 0) is 74.4 Å². The van der Waals surface area contributed by atoms with E-state index >= 15 is 4.39 Å². The first-order valence-electron chi connectivity index (χ1n) is 10.3. The summed E-state index contributed by atoms with van der Waals surface area (Å²) in [5, 5.41) is 7.13. The number of fused-ring (bicyclic) bond motifs is 3. The zero-order valence-electron chi connectivity index (χ0n) is 18.3. The van der Waals surface area contributed by atoms with Crippen LogP contribution in [0, 0.1) is 12.7 Å². The van der Waals surface area contributed by atoms with Crippen LogP contribution in [0.15, 0.2) is 21.8 Å². The molecule has 2 aromatic heterocycles. The summed E-state index contributed by atoms with van der Waals surface area (Å²) in [6.07, 6.45) is 4.99. The van der Waals surface area contributed by atoms with Crippen molar-refractivity contribution in [2.75, 3.05) is 19.3 Å². The van der Waals surface area contributed by atoms with Crippen LogP contribution in [-0.2, 0) is 4.74 Å². The first-order valence-corrected chi connectivity index (χ1v) is 12.3. The SMILES string of the molecule is CSc1nc2c(F)c(Br)c(C)cc2c2c1cnn2C1CCN(C(=O)OC(C)(C)C)CC1. The van der Waals surface area contributed by atoms with Crippen molar-refractivity contribution in [3.8, 4) is 0 Å². The van der Waals surface area contributed by atoms with Gasteiger partial charge >= 0.3 is 6.09 Å². The Labute approximate surface area is 193 Å². The summed E-state index contributed by atoms with van der Waals surface area (Å²) in [6, 6.07) is 2.08. The monoisotopic (exact) mass is 508 g/mol. The van der Waals surface area contributed by atoms with Crippen LogP contribution in [0.1, 0.15) is 45.2 Å². The van der Waals surface area contributed by atoms with Crippen molar-refractivity contribution in [2.45, 2.75) is 57.2 Å². The van der Waals surface area contributed by atoms with Crippen LogP contribution in [0.3, 0.4) is 0 Å². The van der Waals surface area contributed by atoms with Crippen molar-refractivity contribution >= 4 is 55.6 Å². The van der Waals surface area contributed by atoms with Gasteiger partial charge in [0.2, 0.25) is 0 Å². The highest BCUT2D eigenvalue weighted by Crippen LogP contribution is 2.38. The van der Waals surface area contributed by atoms with Gasteiger partial charge in [0, 0.05) is 18.5 Å². The fraction of sp³-hybridized carbons (Fsp3) is 0.500. The van der Waals surface area contributed by atoms with E-state index in [1.54, 1.807) is 4.90 Å². The highest BCUT2D eigenvalue weighted by atomic mass is 79.9. The van der Waals surface area contributed by atoms with Crippen molar-refractivity contribution in [3.05, 3.63) is 28.1 Å². The number of pyridine rings is 1. The molecule has 0 radical (unpaired) electrons. The van der Waals surface area contributed by atoms with E-state index in [9.17, 15) is 4.79 Å². The second kappa shape index (κ2) is 8.24. The topological polar surface area (TPSA) is 60.2 Å². The third-order valence-corrected chi connectivity index (χ3v) is 7.18. The van der Waals surface area contributed by atoms with Crippen LogP contribution in [0.2, 0.25) is 0 Å². The van der Waals surface area contributed by atoms with Crippen LogP contribution in [-0.4, -0.2) is 50.7 Å². The summed E-state index contributed by atoms with van der Waals surface area (Å²) in [5.41, 5.74) is 1.56.